The molecule has 24 heavy (non-hydrogen) atoms. The Bertz CT molecular complexity index is 727. The number of rotatable bonds is 6. The lowest BCUT2D eigenvalue weighted by molar-refractivity contribution is 0.123. The van der Waals surface area contributed by atoms with Crippen LogP contribution in [0.3, 0.4) is 0 Å². The van der Waals surface area contributed by atoms with Gasteiger partial charge in [0.05, 0.1) is 24.5 Å². The van der Waals surface area contributed by atoms with Crippen LogP contribution < -0.4 is 10.9 Å². The topological polar surface area (TPSA) is 67.2 Å². The number of aliphatic hydroxyl groups excluding tert-OH is 1. The maximum Gasteiger partial charge on any atom is 0.287 e. The number of aromatic nitrogens is 2. The maximum absolute atomic E-state index is 12.4. The molecular weight excluding hydrogens is 326 g/mol. The number of benzene rings is 1. The van der Waals surface area contributed by atoms with Crippen LogP contribution in [0.15, 0.2) is 41.3 Å². The van der Waals surface area contributed by atoms with Crippen molar-refractivity contribution in [1.82, 2.24) is 9.78 Å². The average Bonchev–Trinajstić information content (AvgIpc) is 3.14. The molecule has 0 bridgehead atoms. The molecule has 1 fully saturated rings. The number of halogens is 1. The zero-order valence-corrected chi connectivity index (χ0v) is 14.2. The number of hydrogen-bond acceptors (Lipinski definition) is 4. The van der Waals surface area contributed by atoms with E-state index < -0.39 is 6.10 Å². The van der Waals surface area contributed by atoms with Crippen LogP contribution in [0.2, 0.25) is 5.02 Å². The molecule has 1 unspecified atom stereocenters. The van der Waals surface area contributed by atoms with Crippen molar-refractivity contribution in [2.45, 2.75) is 38.3 Å². The highest BCUT2D eigenvalue weighted by Gasteiger charge is 2.23. The van der Waals surface area contributed by atoms with Gasteiger partial charge in [0.2, 0.25) is 0 Å². The summed E-state index contributed by atoms with van der Waals surface area (Å²) in [4.78, 5) is 12.4. The Morgan fingerprint density at radius 1 is 1.29 bits per heavy atom. The Hall–Kier alpha value is -1.85. The van der Waals surface area contributed by atoms with Gasteiger partial charge in [-0.05, 0) is 24.3 Å². The molecule has 0 spiro atoms. The van der Waals surface area contributed by atoms with Gasteiger partial charge >= 0.3 is 0 Å². The van der Waals surface area contributed by atoms with Crippen molar-refractivity contribution in [2.24, 2.45) is 5.92 Å². The van der Waals surface area contributed by atoms with Crippen molar-refractivity contribution in [3.8, 4) is 0 Å². The second-order valence-corrected chi connectivity index (χ2v) is 6.69. The van der Waals surface area contributed by atoms with E-state index in [1.165, 1.54) is 17.5 Å². The predicted octanol–water partition coefficient (Wildman–Crippen LogP) is 2.91. The first-order valence-corrected chi connectivity index (χ1v) is 8.74. The van der Waals surface area contributed by atoms with Gasteiger partial charge in [-0.2, -0.15) is 5.10 Å². The lowest BCUT2D eigenvalue weighted by Crippen LogP contribution is -2.29. The monoisotopic (exact) mass is 347 g/mol. The van der Waals surface area contributed by atoms with E-state index in [9.17, 15) is 9.90 Å². The van der Waals surface area contributed by atoms with E-state index in [0.29, 0.717) is 24.7 Å². The third kappa shape index (κ3) is 3.97. The highest BCUT2D eigenvalue weighted by molar-refractivity contribution is 6.32. The van der Waals surface area contributed by atoms with Gasteiger partial charge in [0.1, 0.15) is 5.02 Å². The first-order valence-electron chi connectivity index (χ1n) is 8.36. The van der Waals surface area contributed by atoms with Crippen molar-refractivity contribution in [3.63, 3.8) is 0 Å². The second-order valence-electron chi connectivity index (χ2n) is 6.31. The van der Waals surface area contributed by atoms with Crippen molar-refractivity contribution in [3.05, 3.63) is 57.5 Å². The minimum atomic E-state index is -0.421. The highest BCUT2D eigenvalue weighted by atomic mass is 35.5. The molecule has 1 aromatic carbocycles. The summed E-state index contributed by atoms with van der Waals surface area (Å²) in [5.74, 6) is 0.336. The Morgan fingerprint density at radius 2 is 2.00 bits per heavy atom. The largest absolute Gasteiger partial charge is 0.391 e. The molecule has 1 atom stereocenters. The fourth-order valence-electron chi connectivity index (χ4n) is 3.18. The van der Waals surface area contributed by atoms with Crippen LogP contribution in [0.1, 0.15) is 31.2 Å². The molecule has 0 aliphatic heterocycles. The van der Waals surface area contributed by atoms with E-state index >= 15 is 0 Å². The van der Waals surface area contributed by atoms with Crippen molar-refractivity contribution >= 4 is 17.3 Å². The summed E-state index contributed by atoms with van der Waals surface area (Å²) in [6.45, 7) is 0.762. The van der Waals surface area contributed by atoms with Crippen molar-refractivity contribution < 1.29 is 5.11 Å². The van der Waals surface area contributed by atoms with E-state index in [-0.39, 0.29) is 10.6 Å². The van der Waals surface area contributed by atoms with E-state index in [0.717, 1.165) is 18.4 Å². The fraction of sp³-hybridized carbons (Fsp3) is 0.444. The van der Waals surface area contributed by atoms with Crippen LogP contribution in [0.25, 0.3) is 0 Å². The Kier molecular flexibility index (Phi) is 5.53. The molecular formula is C18H22ClN3O2. The minimum Gasteiger partial charge on any atom is -0.391 e. The summed E-state index contributed by atoms with van der Waals surface area (Å²) in [5.41, 5.74) is 1.13. The Morgan fingerprint density at radius 3 is 2.71 bits per heavy atom. The lowest BCUT2D eigenvalue weighted by atomic mass is 10.0. The normalized spacial score (nSPS) is 16.2. The molecule has 0 saturated heterocycles. The van der Waals surface area contributed by atoms with Gasteiger partial charge < -0.3 is 10.4 Å². The first-order chi connectivity index (χ1) is 11.6. The lowest BCUT2D eigenvalue weighted by Gasteiger charge is -2.19. The summed E-state index contributed by atoms with van der Waals surface area (Å²) in [7, 11) is 0. The van der Waals surface area contributed by atoms with Gasteiger partial charge in [-0.1, -0.05) is 54.8 Å². The Balaban J connectivity index is 1.67. The molecule has 2 aromatic rings. The third-order valence-electron chi connectivity index (χ3n) is 4.61. The first kappa shape index (κ1) is 17.0. The number of nitrogens with zero attached hydrogens (tertiary/aromatic N) is 2. The van der Waals surface area contributed by atoms with Gasteiger partial charge in [-0.15, -0.1) is 0 Å². The van der Waals surface area contributed by atoms with Crippen LogP contribution >= 0.6 is 11.6 Å². The maximum atomic E-state index is 12.4. The SMILES string of the molecule is O=c1c(Cl)c(NCC(O)C2CCCC2)cnn1Cc1ccccc1. The second kappa shape index (κ2) is 7.81. The zero-order chi connectivity index (χ0) is 16.9. The number of anilines is 1. The summed E-state index contributed by atoms with van der Waals surface area (Å²) in [6.07, 6.45) is 5.61. The summed E-state index contributed by atoms with van der Waals surface area (Å²) in [5, 5.41) is 17.6. The van der Waals surface area contributed by atoms with E-state index in [1.54, 1.807) is 6.20 Å². The standard InChI is InChI=1S/C18H22ClN3O2/c19-17-15(20-11-16(23)14-8-4-5-9-14)10-21-22(18(17)24)12-13-6-2-1-3-7-13/h1-3,6-7,10,14,16,20,23H,4-5,8-9,11-12H2. The van der Waals surface area contributed by atoms with Gasteiger partial charge in [-0.25, -0.2) is 4.68 Å². The molecule has 1 heterocycles. The van der Waals surface area contributed by atoms with E-state index in [1.807, 2.05) is 30.3 Å². The molecule has 6 heteroatoms. The highest BCUT2D eigenvalue weighted by Crippen LogP contribution is 2.28. The molecule has 2 N–H and O–H groups in total. The van der Waals surface area contributed by atoms with Crippen LogP contribution in [0.4, 0.5) is 5.69 Å². The number of nitrogens with one attached hydrogen (secondary N) is 1. The smallest absolute Gasteiger partial charge is 0.287 e. The molecule has 1 saturated carbocycles. The fourth-order valence-corrected chi connectivity index (χ4v) is 3.39. The molecule has 5 nitrogen and oxygen atoms in total. The number of hydrogen-bond donors (Lipinski definition) is 2. The number of aliphatic hydroxyl groups is 1. The van der Waals surface area contributed by atoms with E-state index in [2.05, 4.69) is 10.4 Å². The molecule has 128 valence electrons. The van der Waals surface area contributed by atoms with Crippen LogP contribution in [-0.2, 0) is 6.54 Å². The molecule has 0 radical (unpaired) electrons. The van der Waals surface area contributed by atoms with E-state index in [4.69, 9.17) is 11.6 Å². The molecule has 1 aliphatic rings. The molecule has 0 amide bonds. The van der Waals surface area contributed by atoms with Crippen LogP contribution in [-0.4, -0.2) is 27.5 Å². The summed E-state index contributed by atoms with van der Waals surface area (Å²) in [6, 6.07) is 9.64. The predicted molar refractivity (Wildman–Crippen MR) is 95.5 cm³/mol. The Labute approximate surface area is 146 Å². The van der Waals surface area contributed by atoms with Crippen LogP contribution in [0.5, 0.6) is 0 Å². The van der Waals surface area contributed by atoms with Gasteiger partial charge in [0, 0.05) is 6.54 Å². The quantitative estimate of drug-likeness (QED) is 0.843. The van der Waals surface area contributed by atoms with Gasteiger partial charge in [0.15, 0.2) is 0 Å². The summed E-state index contributed by atoms with van der Waals surface area (Å²) >= 11 is 6.19. The molecule has 1 aliphatic carbocycles. The van der Waals surface area contributed by atoms with Crippen molar-refractivity contribution in [1.29, 1.82) is 0 Å². The zero-order valence-electron chi connectivity index (χ0n) is 13.5. The minimum absolute atomic E-state index is 0.111. The van der Waals surface area contributed by atoms with Gasteiger partial charge in [-0.3, -0.25) is 4.79 Å². The average molecular weight is 348 g/mol. The van der Waals surface area contributed by atoms with Crippen LogP contribution in [0, 0.1) is 5.92 Å². The molecule has 3 rings (SSSR count). The summed E-state index contributed by atoms with van der Waals surface area (Å²) < 4.78 is 1.34. The third-order valence-corrected chi connectivity index (χ3v) is 4.97. The van der Waals surface area contributed by atoms with Crippen molar-refractivity contribution in [2.75, 3.05) is 11.9 Å². The van der Waals surface area contributed by atoms with Gasteiger partial charge in [0.25, 0.3) is 5.56 Å². The molecule has 1 aromatic heterocycles.